The van der Waals surface area contributed by atoms with E-state index in [0.717, 1.165) is 24.0 Å². The van der Waals surface area contributed by atoms with Crippen LogP contribution in [0, 0.1) is 0 Å². The number of aliphatic hydroxyl groups excluding tert-OH is 1. The Morgan fingerprint density at radius 3 is 2.52 bits per heavy atom. The minimum atomic E-state index is -0.921. The summed E-state index contributed by atoms with van der Waals surface area (Å²) >= 11 is 1.27. The molecule has 4 aromatic rings. The molecule has 0 saturated carbocycles. The van der Waals surface area contributed by atoms with Crippen molar-refractivity contribution in [1.29, 1.82) is 0 Å². The molecule has 1 amide bonds. The fourth-order valence-corrected chi connectivity index (χ4v) is 6.12. The highest BCUT2D eigenvalue weighted by Gasteiger charge is 2.48. The van der Waals surface area contributed by atoms with Crippen molar-refractivity contribution in [2.45, 2.75) is 32.2 Å². The minimum absolute atomic E-state index is 0.0369. The number of fused-ring (bicyclic) bond motifs is 2. The number of rotatable bonds is 9. The van der Waals surface area contributed by atoms with E-state index < -0.39 is 17.7 Å². The molecule has 2 aliphatic rings. The van der Waals surface area contributed by atoms with Crippen LogP contribution in [0.15, 0.2) is 66.2 Å². The number of unbranched alkanes of at least 4 members (excludes halogenated alkanes) is 2. The molecule has 1 fully saturated rings. The molecule has 1 aromatic heterocycles. The summed E-state index contributed by atoms with van der Waals surface area (Å²) in [5.74, 6) is 0.472. The van der Waals surface area contributed by atoms with Gasteiger partial charge in [-0.25, -0.2) is 4.98 Å². The second-order valence-electron chi connectivity index (χ2n) is 9.98. The van der Waals surface area contributed by atoms with Gasteiger partial charge in [-0.05, 0) is 60.5 Å². The van der Waals surface area contributed by atoms with Crippen LogP contribution >= 0.6 is 11.3 Å². The molecular formula is C32H30N2O7S. The SMILES string of the molecule is CCCCCOc1ccc(C2/C(=C(\O)c3ccc4c(c3)OCCO4)C(=O)C(=O)N2c2nc3ccc(OC)cc3s2)cc1. The van der Waals surface area contributed by atoms with Crippen LogP contribution in [0.5, 0.6) is 23.0 Å². The van der Waals surface area contributed by atoms with Gasteiger partial charge in [0.15, 0.2) is 16.6 Å². The molecule has 0 bridgehead atoms. The first-order valence-electron chi connectivity index (χ1n) is 13.9. The average Bonchev–Trinajstić information content (AvgIpc) is 3.56. The van der Waals surface area contributed by atoms with E-state index >= 15 is 0 Å². The van der Waals surface area contributed by atoms with Gasteiger partial charge in [0.1, 0.15) is 30.5 Å². The number of nitrogens with zero attached hydrogens (tertiary/aromatic N) is 2. The maximum absolute atomic E-state index is 13.6. The number of Topliss-reactive ketones (excluding diaryl/α,β-unsaturated/α-hetero) is 1. The molecular weight excluding hydrogens is 556 g/mol. The molecule has 2 aliphatic heterocycles. The topological polar surface area (TPSA) is 107 Å². The summed E-state index contributed by atoms with van der Waals surface area (Å²) in [5.41, 5.74) is 1.60. The van der Waals surface area contributed by atoms with Crippen molar-refractivity contribution in [2.75, 3.05) is 31.8 Å². The van der Waals surface area contributed by atoms with Gasteiger partial charge in [0.05, 0.1) is 35.5 Å². The Balaban J connectivity index is 1.44. The lowest BCUT2D eigenvalue weighted by molar-refractivity contribution is -0.132. The van der Waals surface area contributed by atoms with Crippen LogP contribution in [-0.4, -0.2) is 48.7 Å². The summed E-state index contributed by atoms with van der Waals surface area (Å²) in [7, 11) is 1.58. The van der Waals surface area contributed by atoms with E-state index in [4.69, 9.17) is 18.9 Å². The summed E-state index contributed by atoms with van der Waals surface area (Å²) in [6.07, 6.45) is 3.14. The number of benzene rings is 3. The lowest BCUT2D eigenvalue weighted by atomic mass is 9.95. The highest BCUT2D eigenvalue weighted by atomic mass is 32.1. The number of thiazole rings is 1. The standard InChI is InChI=1S/C32H30N2O7S/c1-3-4-5-14-39-21-9-6-19(7-10-21)28-27(29(35)20-8-13-24-25(17-20)41-16-15-40-24)30(36)31(37)34(28)32-33-23-12-11-22(38-2)18-26(23)42-32/h6-13,17-18,28,35H,3-5,14-16H2,1-2H3/b29-27+. The van der Waals surface area contributed by atoms with E-state index in [-0.39, 0.29) is 11.3 Å². The Morgan fingerprint density at radius 2 is 1.76 bits per heavy atom. The fraction of sp³-hybridized carbons (Fsp3) is 0.281. The Hall–Kier alpha value is -4.57. The molecule has 42 heavy (non-hydrogen) atoms. The fourth-order valence-electron chi connectivity index (χ4n) is 5.10. The van der Waals surface area contributed by atoms with Crippen LogP contribution in [0.4, 0.5) is 5.13 Å². The van der Waals surface area contributed by atoms with Crippen LogP contribution in [-0.2, 0) is 9.59 Å². The lowest BCUT2D eigenvalue weighted by Crippen LogP contribution is -2.29. The second-order valence-corrected chi connectivity index (χ2v) is 11.0. The molecule has 6 rings (SSSR count). The highest BCUT2D eigenvalue weighted by molar-refractivity contribution is 7.22. The van der Waals surface area contributed by atoms with E-state index in [0.29, 0.717) is 64.6 Å². The van der Waals surface area contributed by atoms with Crippen LogP contribution in [0.2, 0.25) is 0 Å². The highest BCUT2D eigenvalue weighted by Crippen LogP contribution is 2.45. The third-order valence-electron chi connectivity index (χ3n) is 7.26. The maximum Gasteiger partial charge on any atom is 0.301 e. The van der Waals surface area contributed by atoms with Gasteiger partial charge in [0.25, 0.3) is 5.78 Å². The van der Waals surface area contributed by atoms with Crippen molar-refractivity contribution >= 4 is 44.1 Å². The first kappa shape index (κ1) is 27.6. The summed E-state index contributed by atoms with van der Waals surface area (Å²) in [6.45, 7) is 3.54. The zero-order valence-electron chi connectivity index (χ0n) is 23.3. The molecule has 1 N–H and O–H groups in total. The van der Waals surface area contributed by atoms with Crippen LogP contribution in [0.25, 0.3) is 16.0 Å². The van der Waals surface area contributed by atoms with E-state index in [9.17, 15) is 14.7 Å². The summed E-state index contributed by atoms with van der Waals surface area (Å²) < 4.78 is 23.3. The van der Waals surface area contributed by atoms with Crippen molar-refractivity contribution in [1.82, 2.24) is 4.98 Å². The van der Waals surface area contributed by atoms with Gasteiger partial charge < -0.3 is 24.1 Å². The summed E-state index contributed by atoms with van der Waals surface area (Å²) in [6, 6.07) is 16.7. The number of hydrogen-bond acceptors (Lipinski definition) is 9. The average molecular weight is 587 g/mol. The number of amides is 1. The summed E-state index contributed by atoms with van der Waals surface area (Å²) in [4.78, 5) is 33.3. The molecule has 3 heterocycles. The van der Waals surface area contributed by atoms with Crippen LogP contribution < -0.4 is 23.8 Å². The molecule has 0 radical (unpaired) electrons. The predicted molar refractivity (Wildman–Crippen MR) is 160 cm³/mol. The molecule has 9 nitrogen and oxygen atoms in total. The number of methoxy groups -OCH3 is 1. The number of hydrogen-bond donors (Lipinski definition) is 1. The largest absolute Gasteiger partial charge is 0.507 e. The van der Waals surface area contributed by atoms with Gasteiger partial charge in [-0.15, -0.1) is 0 Å². The first-order chi connectivity index (χ1) is 20.5. The van der Waals surface area contributed by atoms with E-state index in [1.807, 2.05) is 30.3 Å². The van der Waals surface area contributed by atoms with Crippen molar-refractivity contribution in [3.8, 4) is 23.0 Å². The molecule has 1 unspecified atom stereocenters. The summed E-state index contributed by atoms with van der Waals surface area (Å²) in [5, 5.41) is 11.9. The zero-order chi connectivity index (χ0) is 29.2. The number of ketones is 1. The van der Waals surface area contributed by atoms with Gasteiger partial charge in [-0.1, -0.05) is 43.2 Å². The Morgan fingerprint density at radius 1 is 1.00 bits per heavy atom. The molecule has 1 atom stereocenters. The smallest absolute Gasteiger partial charge is 0.301 e. The third-order valence-corrected chi connectivity index (χ3v) is 8.28. The van der Waals surface area contributed by atoms with Crippen molar-refractivity contribution < 1.29 is 33.6 Å². The van der Waals surface area contributed by atoms with Gasteiger partial charge in [0, 0.05) is 5.56 Å². The number of aromatic nitrogens is 1. The van der Waals surface area contributed by atoms with Crippen LogP contribution in [0.1, 0.15) is 43.4 Å². The number of aliphatic hydroxyl groups is 1. The molecule has 0 aliphatic carbocycles. The monoisotopic (exact) mass is 586 g/mol. The zero-order valence-corrected chi connectivity index (χ0v) is 24.1. The first-order valence-corrected chi connectivity index (χ1v) is 14.7. The molecule has 0 spiro atoms. The van der Waals surface area contributed by atoms with E-state index in [2.05, 4.69) is 11.9 Å². The second kappa shape index (κ2) is 11.7. The molecule has 1 saturated heterocycles. The Labute approximate surface area is 246 Å². The number of ether oxygens (including phenoxy) is 4. The van der Waals surface area contributed by atoms with Crippen molar-refractivity contribution in [3.63, 3.8) is 0 Å². The Kier molecular flexibility index (Phi) is 7.71. The minimum Gasteiger partial charge on any atom is -0.507 e. The van der Waals surface area contributed by atoms with Crippen molar-refractivity contribution in [2.24, 2.45) is 0 Å². The van der Waals surface area contributed by atoms with E-state index in [1.165, 1.54) is 16.2 Å². The maximum atomic E-state index is 13.6. The molecule has 216 valence electrons. The molecule has 10 heteroatoms. The van der Waals surface area contributed by atoms with Gasteiger partial charge in [-0.2, -0.15) is 0 Å². The van der Waals surface area contributed by atoms with Gasteiger partial charge in [0.2, 0.25) is 0 Å². The number of anilines is 1. The normalized spacial score (nSPS) is 17.6. The van der Waals surface area contributed by atoms with Crippen molar-refractivity contribution in [3.05, 3.63) is 77.4 Å². The van der Waals surface area contributed by atoms with E-state index in [1.54, 1.807) is 37.4 Å². The quantitative estimate of drug-likeness (QED) is 0.106. The predicted octanol–water partition coefficient (Wildman–Crippen LogP) is 6.27. The Bertz CT molecular complexity index is 1680. The molecule has 3 aromatic carbocycles. The lowest BCUT2D eigenvalue weighted by Gasteiger charge is -2.23. The van der Waals surface area contributed by atoms with Gasteiger partial charge in [-0.3, -0.25) is 14.5 Å². The number of carbonyl (C=O) groups is 2. The number of carbonyl (C=O) groups excluding carboxylic acids is 2. The third kappa shape index (κ3) is 5.14. The van der Waals surface area contributed by atoms with Crippen LogP contribution in [0.3, 0.4) is 0 Å². The van der Waals surface area contributed by atoms with Gasteiger partial charge >= 0.3 is 5.91 Å².